The van der Waals surface area contributed by atoms with Crippen molar-refractivity contribution in [1.82, 2.24) is 0 Å². The Labute approximate surface area is 136 Å². The van der Waals surface area contributed by atoms with Gasteiger partial charge in [-0.1, -0.05) is 28.1 Å². The molecule has 7 heteroatoms. The van der Waals surface area contributed by atoms with Gasteiger partial charge in [-0.2, -0.15) is 8.78 Å². The van der Waals surface area contributed by atoms with Crippen molar-refractivity contribution in [3.63, 3.8) is 0 Å². The quantitative estimate of drug-likeness (QED) is 0.750. The van der Waals surface area contributed by atoms with E-state index in [-0.39, 0.29) is 11.4 Å². The molecule has 0 aliphatic carbocycles. The molecule has 0 bridgehead atoms. The van der Waals surface area contributed by atoms with Gasteiger partial charge in [-0.3, -0.25) is 4.79 Å². The smallest absolute Gasteiger partial charge is 0.387 e. The van der Waals surface area contributed by atoms with Crippen LogP contribution in [0.1, 0.15) is 10.4 Å². The molecular formula is C14H9Br2F2NO2. The predicted molar refractivity (Wildman–Crippen MR) is 82.9 cm³/mol. The number of benzene rings is 2. The fourth-order valence-corrected chi connectivity index (χ4v) is 2.86. The van der Waals surface area contributed by atoms with Gasteiger partial charge in [-0.15, -0.1) is 0 Å². The highest BCUT2D eigenvalue weighted by Crippen LogP contribution is 2.28. The molecular weight excluding hydrogens is 412 g/mol. The van der Waals surface area contributed by atoms with Gasteiger partial charge in [0.1, 0.15) is 5.75 Å². The highest BCUT2D eigenvalue weighted by Gasteiger charge is 2.14. The van der Waals surface area contributed by atoms with Crippen molar-refractivity contribution < 1.29 is 18.3 Å². The summed E-state index contributed by atoms with van der Waals surface area (Å²) in [6.07, 6.45) is 0. The molecule has 0 radical (unpaired) electrons. The van der Waals surface area contributed by atoms with Crippen LogP contribution in [0.5, 0.6) is 5.75 Å². The summed E-state index contributed by atoms with van der Waals surface area (Å²) in [5.41, 5.74) is 0.558. The van der Waals surface area contributed by atoms with Crippen LogP contribution in [0.2, 0.25) is 0 Å². The Morgan fingerprint density at radius 3 is 2.52 bits per heavy atom. The fourth-order valence-electron chi connectivity index (χ4n) is 1.63. The standard InChI is InChI=1S/C14H9Br2F2NO2/c15-8-5-6-9(10(16)7-8)13(20)19-11-3-1-2-4-12(11)21-14(17)18/h1-7,14H,(H,19,20). The fraction of sp³-hybridized carbons (Fsp3) is 0.0714. The number of hydrogen-bond donors (Lipinski definition) is 1. The third kappa shape index (κ3) is 4.25. The van der Waals surface area contributed by atoms with Crippen molar-refractivity contribution in [2.45, 2.75) is 6.61 Å². The maximum absolute atomic E-state index is 12.3. The van der Waals surface area contributed by atoms with E-state index in [0.717, 1.165) is 4.47 Å². The van der Waals surface area contributed by atoms with Gasteiger partial charge in [0.25, 0.3) is 5.91 Å². The Balaban J connectivity index is 2.23. The van der Waals surface area contributed by atoms with Crippen molar-refractivity contribution >= 4 is 43.5 Å². The van der Waals surface area contributed by atoms with Crippen LogP contribution < -0.4 is 10.1 Å². The van der Waals surface area contributed by atoms with Gasteiger partial charge >= 0.3 is 6.61 Å². The summed E-state index contributed by atoms with van der Waals surface area (Å²) >= 11 is 6.56. The number of hydrogen-bond acceptors (Lipinski definition) is 2. The molecule has 1 amide bonds. The second-order valence-electron chi connectivity index (χ2n) is 3.95. The number of anilines is 1. The molecule has 2 rings (SSSR count). The molecule has 2 aromatic rings. The molecule has 0 fully saturated rings. The average molecular weight is 421 g/mol. The van der Waals surface area contributed by atoms with E-state index < -0.39 is 12.5 Å². The lowest BCUT2D eigenvalue weighted by Crippen LogP contribution is -2.14. The minimum atomic E-state index is -2.96. The minimum Gasteiger partial charge on any atom is -0.433 e. The first-order valence-electron chi connectivity index (χ1n) is 5.77. The molecule has 0 saturated carbocycles. The number of halogens is 4. The van der Waals surface area contributed by atoms with Gasteiger partial charge in [-0.05, 0) is 46.3 Å². The van der Waals surface area contributed by atoms with E-state index >= 15 is 0 Å². The largest absolute Gasteiger partial charge is 0.433 e. The maximum Gasteiger partial charge on any atom is 0.387 e. The first kappa shape index (κ1) is 15.9. The number of ether oxygens (including phenoxy) is 1. The molecule has 21 heavy (non-hydrogen) atoms. The zero-order chi connectivity index (χ0) is 15.4. The second kappa shape index (κ2) is 7.00. The highest BCUT2D eigenvalue weighted by atomic mass is 79.9. The van der Waals surface area contributed by atoms with Gasteiger partial charge in [0.05, 0.1) is 11.3 Å². The number of alkyl halides is 2. The number of nitrogens with one attached hydrogen (secondary N) is 1. The Morgan fingerprint density at radius 1 is 1.14 bits per heavy atom. The summed E-state index contributed by atoms with van der Waals surface area (Å²) in [5, 5.41) is 2.55. The summed E-state index contributed by atoms with van der Waals surface area (Å²) in [6, 6.07) is 11.0. The molecule has 2 aromatic carbocycles. The van der Waals surface area contributed by atoms with Gasteiger partial charge < -0.3 is 10.1 Å². The molecule has 110 valence electrons. The number of amides is 1. The van der Waals surface area contributed by atoms with Crippen LogP contribution in [0.25, 0.3) is 0 Å². The molecule has 0 unspecified atom stereocenters. The van der Waals surface area contributed by atoms with Crippen molar-refractivity contribution in [3.8, 4) is 5.75 Å². The first-order valence-corrected chi connectivity index (χ1v) is 7.36. The number of para-hydroxylation sites is 2. The van der Waals surface area contributed by atoms with Crippen LogP contribution in [0.3, 0.4) is 0 Å². The normalized spacial score (nSPS) is 10.5. The molecule has 0 aliphatic rings. The predicted octanol–water partition coefficient (Wildman–Crippen LogP) is 5.07. The average Bonchev–Trinajstić information content (AvgIpc) is 2.40. The van der Waals surface area contributed by atoms with Crippen molar-refractivity contribution in [2.75, 3.05) is 5.32 Å². The van der Waals surface area contributed by atoms with Crippen LogP contribution in [0.4, 0.5) is 14.5 Å². The van der Waals surface area contributed by atoms with Crippen LogP contribution in [0.15, 0.2) is 51.4 Å². The highest BCUT2D eigenvalue weighted by molar-refractivity contribution is 9.11. The van der Waals surface area contributed by atoms with Crippen LogP contribution in [-0.4, -0.2) is 12.5 Å². The van der Waals surface area contributed by atoms with Gasteiger partial charge in [0, 0.05) is 8.95 Å². The monoisotopic (exact) mass is 419 g/mol. The molecule has 3 nitrogen and oxygen atoms in total. The second-order valence-corrected chi connectivity index (χ2v) is 5.72. The van der Waals surface area contributed by atoms with E-state index in [1.165, 1.54) is 12.1 Å². The van der Waals surface area contributed by atoms with Crippen LogP contribution in [-0.2, 0) is 0 Å². The molecule has 1 N–H and O–H groups in total. The first-order chi connectivity index (χ1) is 9.97. The third-order valence-corrected chi connectivity index (χ3v) is 3.68. The molecule has 0 saturated heterocycles. The molecule has 0 aliphatic heterocycles. The van der Waals surface area contributed by atoms with Gasteiger partial charge in [-0.25, -0.2) is 0 Å². The SMILES string of the molecule is O=C(Nc1ccccc1OC(F)F)c1ccc(Br)cc1Br. The zero-order valence-electron chi connectivity index (χ0n) is 10.4. The Bertz CT molecular complexity index is 665. The van der Waals surface area contributed by atoms with E-state index in [9.17, 15) is 13.6 Å². The van der Waals surface area contributed by atoms with Gasteiger partial charge in [0.15, 0.2) is 0 Å². The van der Waals surface area contributed by atoms with E-state index in [0.29, 0.717) is 10.0 Å². The lowest BCUT2D eigenvalue weighted by atomic mass is 10.2. The Hall–Kier alpha value is -1.47. The summed E-state index contributed by atoms with van der Waals surface area (Å²) in [5.74, 6) is -0.520. The Morgan fingerprint density at radius 2 is 1.86 bits per heavy atom. The van der Waals surface area contributed by atoms with E-state index in [1.807, 2.05) is 0 Å². The molecule has 0 heterocycles. The van der Waals surface area contributed by atoms with Crippen molar-refractivity contribution in [3.05, 3.63) is 57.0 Å². The third-order valence-electron chi connectivity index (χ3n) is 2.53. The summed E-state index contributed by atoms with van der Waals surface area (Å²) in [7, 11) is 0. The summed E-state index contributed by atoms with van der Waals surface area (Å²) in [4.78, 5) is 12.2. The number of rotatable bonds is 4. The topological polar surface area (TPSA) is 38.3 Å². The van der Waals surface area contributed by atoms with Crippen molar-refractivity contribution in [1.29, 1.82) is 0 Å². The molecule has 0 spiro atoms. The van der Waals surface area contributed by atoms with Gasteiger partial charge in [0.2, 0.25) is 0 Å². The van der Waals surface area contributed by atoms with E-state index in [1.54, 1.807) is 30.3 Å². The minimum absolute atomic E-state index is 0.0888. The van der Waals surface area contributed by atoms with Crippen LogP contribution in [0, 0.1) is 0 Å². The number of carbonyl (C=O) groups excluding carboxylic acids is 1. The summed E-state index contributed by atoms with van der Waals surface area (Å²) in [6.45, 7) is -2.96. The zero-order valence-corrected chi connectivity index (χ0v) is 13.6. The maximum atomic E-state index is 12.3. The van der Waals surface area contributed by atoms with Crippen molar-refractivity contribution in [2.24, 2.45) is 0 Å². The summed E-state index contributed by atoms with van der Waals surface area (Å²) < 4.78 is 30.4. The molecule has 0 atom stereocenters. The lowest BCUT2D eigenvalue weighted by molar-refractivity contribution is -0.0493. The molecule has 0 aromatic heterocycles. The van der Waals surface area contributed by atoms with Crippen LogP contribution >= 0.6 is 31.9 Å². The number of carbonyl (C=O) groups is 1. The Kier molecular flexibility index (Phi) is 5.30. The van der Waals surface area contributed by atoms with E-state index in [2.05, 4.69) is 41.9 Å². The van der Waals surface area contributed by atoms with E-state index in [4.69, 9.17) is 0 Å². The lowest BCUT2D eigenvalue weighted by Gasteiger charge is -2.12.